The van der Waals surface area contributed by atoms with Crippen molar-refractivity contribution in [2.75, 3.05) is 0 Å². The molecule has 4 nitrogen and oxygen atoms in total. The molecule has 5 heteroatoms. The standard InChI is InChI=1S/C12H19NO3S/c1-9-4-6-12(7-5-9)17(15,16)13-10(2)8-11(3)14/h4-7,10-11,13-14H,8H2,1-3H3. The second kappa shape index (κ2) is 5.62. The second-order valence-electron chi connectivity index (χ2n) is 4.42. The number of hydrogen-bond acceptors (Lipinski definition) is 3. The third kappa shape index (κ3) is 4.46. The van der Waals surface area contributed by atoms with E-state index in [9.17, 15) is 13.5 Å². The zero-order chi connectivity index (χ0) is 13.1. The molecule has 1 rings (SSSR count). The molecule has 1 aromatic carbocycles. The molecule has 0 bridgehead atoms. The molecule has 2 atom stereocenters. The highest BCUT2D eigenvalue weighted by Gasteiger charge is 2.17. The number of nitrogens with one attached hydrogen (secondary N) is 1. The smallest absolute Gasteiger partial charge is 0.240 e. The number of rotatable bonds is 5. The first-order valence-corrected chi connectivity index (χ1v) is 7.06. The van der Waals surface area contributed by atoms with Gasteiger partial charge in [-0.05, 0) is 39.3 Å². The number of sulfonamides is 1. The van der Waals surface area contributed by atoms with Gasteiger partial charge in [0.15, 0.2) is 0 Å². The van der Waals surface area contributed by atoms with Crippen LogP contribution in [-0.4, -0.2) is 25.7 Å². The van der Waals surface area contributed by atoms with Crippen molar-refractivity contribution in [2.24, 2.45) is 0 Å². The zero-order valence-electron chi connectivity index (χ0n) is 10.3. The van der Waals surface area contributed by atoms with Gasteiger partial charge in [0.25, 0.3) is 0 Å². The first-order chi connectivity index (χ1) is 7.81. The van der Waals surface area contributed by atoms with Crippen LogP contribution in [0.4, 0.5) is 0 Å². The molecular formula is C12H19NO3S. The Balaban J connectivity index is 2.78. The Kier molecular flexibility index (Phi) is 4.68. The lowest BCUT2D eigenvalue weighted by molar-refractivity contribution is 0.175. The van der Waals surface area contributed by atoms with E-state index in [4.69, 9.17) is 0 Å². The molecule has 0 heterocycles. The lowest BCUT2D eigenvalue weighted by Crippen LogP contribution is -2.34. The van der Waals surface area contributed by atoms with Gasteiger partial charge in [0, 0.05) is 6.04 Å². The average Bonchev–Trinajstić information content (AvgIpc) is 2.15. The normalized spacial score (nSPS) is 15.5. The van der Waals surface area contributed by atoms with Gasteiger partial charge in [-0.25, -0.2) is 13.1 Å². The SMILES string of the molecule is Cc1ccc(S(=O)(=O)NC(C)CC(C)O)cc1. The summed E-state index contributed by atoms with van der Waals surface area (Å²) in [5.74, 6) is 0. The number of hydrogen-bond donors (Lipinski definition) is 2. The Morgan fingerprint density at radius 3 is 2.24 bits per heavy atom. The minimum Gasteiger partial charge on any atom is -0.393 e. The molecule has 1 aromatic rings. The predicted octanol–water partition coefficient (Wildman–Crippen LogP) is 1.43. The van der Waals surface area contributed by atoms with E-state index >= 15 is 0 Å². The van der Waals surface area contributed by atoms with Gasteiger partial charge in [0.2, 0.25) is 10.0 Å². The maximum absolute atomic E-state index is 11.9. The van der Waals surface area contributed by atoms with E-state index in [1.54, 1.807) is 38.1 Å². The molecule has 0 saturated carbocycles. The van der Waals surface area contributed by atoms with Crippen LogP contribution in [0.15, 0.2) is 29.2 Å². The highest BCUT2D eigenvalue weighted by atomic mass is 32.2. The van der Waals surface area contributed by atoms with Crippen molar-refractivity contribution in [3.63, 3.8) is 0 Å². The van der Waals surface area contributed by atoms with Gasteiger partial charge in [-0.3, -0.25) is 0 Å². The van der Waals surface area contributed by atoms with Crippen LogP contribution in [0.2, 0.25) is 0 Å². The van der Waals surface area contributed by atoms with Gasteiger partial charge in [0.05, 0.1) is 11.0 Å². The monoisotopic (exact) mass is 257 g/mol. The third-order valence-electron chi connectivity index (χ3n) is 2.38. The Labute approximate surface area is 103 Å². The number of benzene rings is 1. The summed E-state index contributed by atoms with van der Waals surface area (Å²) in [4.78, 5) is 0.251. The van der Waals surface area contributed by atoms with Crippen LogP contribution in [0.5, 0.6) is 0 Å². The lowest BCUT2D eigenvalue weighted by atomic mass is 10.2. The minimum absolute atomic E-state index is 0.251. The van der Waals surface area contributed by atoms with E-state index in [2.05, 4.69) is 4.72 Å². The molecule has 0 radical (unpaired) electrons. The Morgan fingerprint density at radius 1 is 1.24 bits per heavy atom. The Hall–Kier alpha value is -0.910. The van der Waals surface area contributed by atoms with Crippen molar-refractivity contribution >= 4 is 10.0 Å². The van der Waals surface area contributed by atoms with Crippen molar-refractivity contribution in [2.45, 2.75) is 44.2 Å². The molecule has 0 aliphatic rings. The molecular weight excluding hydrogens is 238 g/mol. The maximum atomic E-state index is 11.9. The highest BCUT2D eigenvalue weighted by molar-refractivity contribution is 7.89. The number of aliphatic hydroxyl groups excluding tert-OH is 1. The fourth-order valence-corrected chi connectivity index (χ4v) is 2.87. The molecule has 0 fully saturated rings. The van der Waals surface area contributed by atoms with Gasteiger partial charge in [-0.15, -0.1) is 0 Å². The van der Waals surface area contributed by atoms with Crippen LogP contribution in [0, 0.1) is 6.92 Å². The van der Waals surface area contributed by atoms with E-state index in [1.165, 1.54) is 0 Å². The van der Waals surface area contributed by atoms with E-state index in [1.807, 2.05) is 6.92 Å². The van der Waals surface area contributed by atoms with E-state index < -0.39 is 16.1 Å². The fourth-order valence-electron chi connectivity index (χ4n) is 1.61. The van der Waals surface area contributed by atoms with E-state index in [0.717, 1.165) is 5.56 Å². The van der Waals surface area contributed by atoms with Gasteiger partial charge < -0.3 is 5.11 Å². The molecule has 0 aliphatic carbocycles. The molecule has 0 aromatic heterocycles. The van der Waals surface area contributed by atoms with Gasteiger partial charge in [0.1, 0.15) is 0 Å². The molecule has 0 saturated heterocycles. The summed E-state index contributed by atoms with van der Waals surface area (Å²) in [6.45, 7) is 5.27. The first kappa shape index (κ1) is 14.2. The fraction of sp³-hybridized carbons (Fsp3) is 0.500. The van der Waals surface area contributed by atoms with Gasteiger partial charge in [-0.2, -0.15) is 0 Å². The van der Waals surface area contributed by atoms with Crippen LogP contribution in [-0.2, 0) is 10.0 Å². The Morgan fingerprint density at radius 2 is 1.76 bits per heavy atom. The van der Waals surface area contributed by atoms with Crippen LogP contribution in [0.1, 0.15) is 25.8 Å². The summed E-state index contributed by atoms with van der Waals surface area (Å²) in [5, 5.41) is 9.19. The quantitative estimate of drug-likeness (QED) is 0.838. The maximum Gasteiger partial charge on any atom is 0.240 e. The molecule has 0 amide bonds. The van der Waals surface area contributed by atoms with Crippen LogP contribution in [0.3, 0.4) is 0 Å². The van der Waals surface area contributed by atoms with Crippen molar-refractivity contribution in [1.82, 2.24) is 4.72 Å². The van der Waals surface area contributed by atoms with Crippen molar-refractivity contribution < 1.29 is 13.5 Å². The zero-order valence-corrected chi connectivity index (χ0v) is 11.2. The van der Waals surface area contributed by atoms with Crippen molar-refractivity contribution in [3.8, 4) is 0 Å². The Bertz CT molecular complexity index is 451. The van der Waals surface area contributed by atoms with Crippen LogP contribution in [0.25, 0.3) is 0 Å². The summed E-state index contributed by atoms with van der Waals surface area (Å²) >= 11 is 0. The molecule has 96 valence electrons. The predicted molar refractivity (Wildman–Crippen MR) is 67.3 cm³/mol. The van der Waals surface area contributed by atoms with Crippen LogP contribution < -0.4 is 4.72 Å². The second-order valence-corrected chi connectivity index (χ2v) is 6.13. The van der Waals surface area contributed by atoms with Gasteiger partial charge in [-0.1, -0.05) is 17.7 Å². The molecule has 17 heavy (non-hydrogen) atoms. The topological polar surface area (TPSA) is 66.4 Å². The molecule has 0 spiro atoms. The van der Waals surface area contributed by atoms with Gasteiger partial charge >= 0.3 is 0 Å². The molecule has 2 N–H and O–H groups in total. The number of aryl methyl sites for hydroxylation is 1. The third-order valence-corrected chi connectivity index (χ3v) is 3.99. The van der Waals surface area contributed by atoms with Crippen molar-refractivity contribution in [1.29, 1.82) is 0 Å². The van der Waals surface area contributed by atoms with Crippen LogP contribution >= 0.6 is 0 Å². The highest BCUT2D eigenvalue weighted by Crippen LogP contribution is 2.11. The lowest BCUT2D eigenvalue weighted by Gasteiger charge is -2.15. The number of aliphatic hydroxyl groups is 1. The largest absolute Gasteiger partial charge is 0.393 e. The summed E-state index contributed by atoms with van der Waals surface area (Å²) in [6, 6.07) is 6.38. The summed E-state index contributed by atoms with van der Waals surface area (Å²) in [7, 11) is -3.48. The van der Waals surface area contributed by atoms with E-state index in [0.29, 0.717) is 6.42 Å². The first-order valence-electron chi connectivity index (χ1n) is 5.58. The summed E-state index contributed by atoms with van der Waals surface area (Å²) in [6.07, 6.45) is -0.129. The molecule has 2 unspecified atom stereocenters. The molecule has 0 aliphatic heterocycles. The minimum atomic E-state index is -3.48. The van der Waals surface area contributed by atoms with E-state index in [-0.39, 0.29) is 10.9 Å². The summed E-state index contributed by atoms with van der Waals surface area (Å²) in [5.41, 5.74) is 1.01. The average molecular weight is 257 g/mol. The summed E-state index contributed by atoms with van der Waals surface area (Å²) < 4.78 is 26.4. The van der Waals surface area contributed by atoms with Crippen molar-refractivity contribution in [3.05, 3.63) is 29.8 Å².